The molecule has 2 aromatic rings. The van der Waals surface area contributed by atoms with Crippen molar-refractivity contribution in [2.24, 2.45) is 5.10 Å². The molecule has 0 spiro atoms. The molecule has 1 N–H and O–H groups in total. The van der Waals surface area contributed by atoms with Crippen LogP contribution in [0.3, 0.4) is 0 Å². The Bertz CT molecular complexity index is 693. The first kappa shape index (κ1) is 15.9. The summed E-state index contributed by atoms with van der Waals surface area (Å²) in [5.41, 5.74) is 0.951. The number of rotatable bonds is 6. The molecule has 2 rings (SSSR count). The van der Waals surface area contributed by atoms with Crippen LogP contribution in [0.25, 0.3) is 0 Å². The van der Waals surface area contributed by atoms with Crippen molar-refractivity contribution < 1.29 is 4.74 Å². The van der Waals surface area contributed by atoms with E-state index in [9.17, 15) is 0 Å². The molecule has 0 radical (unpaired) electrons. The van der Waals surface area contributed by atoms with E-state index in [1.54, 1.807) is 18.0 Å². The quantitative estimate of drug-likeness (QED) is 0.620. The van der Waals surface area contributed by atoms with Gasteiger partial charge in [0.1, 0.15) is 5.75 Å². The van der Waals surface area contributed by atoms with Crippen molar-refractivity contribution in [2.45, 2.75) is 26.2 Å². The normalized spacial score (nSPS) is 11.2. The number of unbranched alkanes of at least 4 members (excludes halogenated alkanes) is 1. The molecule has 21 heavy (non-hydrogen) atoms. The average Bonchev–Trinajstić information content (AvgIpc) is 2.83. The van der Waals surface area contributed by atoms with Crippen LogP contribution in [0.4, 0.5) is 0 Å². The molecule has 0 aliphatic carbocycles. The summed E-state index contributed by atoms with van der Waals surface area (Å²) in [5, 5.41) is 11.4. The van der Waals surface area contributed by atoms with Crippen molar-refractivity contribution in [1.82, 2.24) is 14.9 Å². The van der Waals surface area contributed by atoms with Gasteiger partial charge in [-0.25, -0.2) is 0 Å². The largest absolute Gasteiger partial charge is 0.496 e. The van der Waals surface area contributed by atoms with Gasteiger partial charge in [0.2, 0.25) is 4.77 Å². The van der Waals surface area contributed by atoms with Gasteiger partial charge >= 0.3 is 0 Å². The number of nitrogens with zero attached hydrogens (tertiary/aromatic N) is 3. The summed E-state index contributed by atoms with van der Waals surface area (Å²) in [6, 6.07) is 5.76. The highest BCUT2D eigenvalue weighted by Gasteiger charge is 2.04. The third-order valence-electron chi connectivity index (χ3n) is 2.97. The molecule has 0 amide bonds. The lowest BCUT2D eigenvalue weighted by molar-refractivity contribution is 0.412. The summed E-state index contributed by atoms with van der Waals surface area (Å²) in [6.07, 6.45) is 4.77. The Kier molecular flexibility index (Phi) is 5.69. The number of aryl methyl sites for hydroxylation is 1. The Labute approximate surface area is 137 Å². The van der Waals surface area contributed by atoms with Crippen molar-refractivity contribution in [3.63, 3.8) is 0 Å². The van der Waals surface area contributed by atoms with E-state index in [4.69, 9.17) is 17.0 Å². The fraction of sp³-hybridized carbons (Fsp3) is 0.357. The maximum absolute atomic E-state index is 5.21. The summed E-state index contributed by atoms with van der Waals surface area (Å²) in [7, 11) is 1.64. The van der Waals surface area contributed by atoms with E-state index in [-0.39, 0.29) is 0 Å². The number of nitrogens with one attached hydrogen (secondary N) is 1. The number of hydrogen-bond donors (Lipinski definition) is 1. The summed E-state index contributed by atoms with van der Waals surface area (Å²) in [4.78, 5) is 0. The van der Waals surface area contributed by atoms with Gasteiger partial charge in [0.25, 0.3) is 0 Å². The van der Waals surface area contributed by atoms with Crippen LogP contribution >= 0.6 is 28.1 Å². The van der Waals surface area contributed by atoms with E-state index in [0.29, 0.717) is 4.77 Å². The minimum atomic E-state index is 0.505. The third-order valence-corrected chi connectivity index (χ3v) is 3.85. The Balaban J connectivity index is 2.23. The molecule has 0 unspecified atom stereocenters. The highest BCUT2D eigenvalue weighted by atomic mass is 79.9. The molecule has 1 aromatic carbocycles. The number of benzene rings is 1. The molecule has 5 nitrogen and oxygen atoms in total. The minimum Gasteiger partial charge on any atom is -0.496 e. The van der Waals surface area contributed by atoms with E-state index >= 15 is 0 Å². The molecular formula is C14H17BrN4OS. The van der Waals surface area contributed by atoms with Gasteiger partial charge in [-0.2, -0.15) is 14.9 Å². The van der Waals surface area contributed by atoms with Crippen LogP contribution in [0.5, 0.6) is 5.75 Å². The van der Waals surface area contributed by atoms with Crippen LogP contribution in [0.1, 0.15) is 31.2 Å². The van der Waals surface area contributed by atoms with Crippen LogP contribution in [0.2, 0.25) is 0 Å². The van der Waals surface area contributed by atoms with Gasteiger partial charge in [0.05, 0.1) is 17.8 Å². The fourth-order valence-electron chi connectivity index (χ4n) is 1.83. The maximum Gasteiger partial charge on any atom is 0.216 e. The average molecular weight is 369 g/mol. The van der Waals surface area contributed by atoms with Gasteiger partial charge < -0.3 is 4.74 Å². The Morgan fingerprint density at radius 2 is 2.33 bits per heavy atom. The Morgan fingerprint density at radius 3 is 3.00 bits per heavy atom. The van der Waals surface area contributed by atoms with Crippen molar-refractivity contribution in [3.05, 3.63) is 38.8 Å². The SMILES string of the molecule is CCCCc1n[nH]c(=S)n1/N=C/c1ccc(OC)c(Br)c1. The van der Waals surface area contributed by atoms with Crippen molar-refractivity contribution in [2.75, 3.05) is 7.11 Å². The number of methoxy groups -OCH3 is 1. The Morgan fingerprint density at radius 1 is 1.52 bits per heavy atom. The van der Waals surface area contributed by atoms with E-state index in [1.807, 2.05) is 18.2 Å². The summed E-state index contributed by atoms with van der Waals surface area (Å²) in [5.74, 6) is 1.64. The molecule has 0 atom stereocenters. The zero-order valence-electron chi connectivity index (χ0n) is 12.0. The predicted molar refractivity (Wildman–Crippen MR) is 89.7 cm³/mol. The first-order valence-corrected chi connectivity index (χ1v) is 7.90. The van der Waals surface area contributed by atoms with Crippen LogP contribution in [0, 0.1) is 4.77 Å². The van der Waals surface area contributed by atoms with E-state index in [0.717, 1.165) is 40.9 Å². The lowest BCUT2D eigenvalue weighted by Gasteiger charge is -2.03. The molecule has 1 aromatic heterocycles. The summed E-state index contributed by atoms with van der Waals surface area (Å²) in [6.45, 7) is 2.14. The van der Waals surface area contributed by atoms with Crippen molar-refractivity contribution in [3.8, 4) is 5.75 Å². The van der Waals surface area contributed by atoms with Crippen LogP contribution in [-0.4, -0.2) is 28.2 Å². The smallest absolute Gasteiger partial charge is 0.216 e. The second-order valence-electron chi connectivity index (χ2n) is 4.50. The van der Waals surface area contributed by atoms with Gasteiger partial charge in [-0.3, -0.25) is 5.10 Å². The number of aromatic nitrogens is 3. The van der Waals surface area contributed by atoms with Crippen molar-refractivity contribution in [1.29, 1.82) is 0 Å². The highest BCUT2D eigenvalue weighted by Crippen LogP contribution is 2.24. The summed E-state index contributed by atoms with van der Waals surface area (Å²) < 4.78 is 8.26. The molecule has 0 fully saturated rings. The fourth-order valence-corrected chi connectivity index (χ4v) is 2.58. The molecule has 1 heterocycles. The molecular weight excluding hydrogens is 352 g/mol. The Hall–Kier alpha value is -1.47. The van der Waals surface area contributed by atoms with Gasteiger partial charge in [0, 0.05) is 6.42 Å². The molecule has 0 saturated carbocycles. The van der Waals surface area contributed by atoms with Gasteiger partial charge in [-0.05, 0) is 58.3 Å². The lowest BCUT2D eigenvalue weighted by atomic mass is 10.2. The number of ether oxygens (including phenoxy) is 1. The number of H-pyrrole nitrogens is 1. The molecule has 0 aliphatic rings. The molecule has 0 saturated heterocycles. The third kappa shape index (κ3) is 4.01. The molecule has 112 valence electrons. The minimum absolute atomic E-state index is 0.505. The predicted octanol–water partition coefficient (Wildman–Crippen LogP) is 3.94. The second-order valence-corrected chi connectivity index (χ2v) is 5.74. The number of aromatic amines is 1. The highest BCUT2D eigenvalue weighted by molar-refractivity contribution is 9.10. The van der Waals surface area contributed by atoms with Gasteiger partial charge in [-0.1, -0.05) is 13.3 Å². The second kappa shape index (κ2) is 7.51. The number of hydrogen-bond acceptors (Lipinski definition) is 4. The van der Waals surface area contributed by atoms with Gasteiger partial charge in [0.15, 0.2) is 5.82 Å². The summed E-state index contributed by atoms with van der Waals surface area (Å²) >= 11 is 8.66. The van der Waals surface area contributed by atoms with Crippen molar-refractivity contribution >= 4 is 34.4 Å². The molecule has 0 bridgehead atoms. The number of halogens is 1. The van der Waals surface area contributed by atoms with E-state index in [2.05, 4.69) is 38.2 Å². The first-order valence-electron chi connectivity index (χ1n) is 6.70. The van der Waals surface area contributed by atoms with Gasteiger partial charge in [-0.15, -0.1) is 0 Å². The molecule has 0 aliphatic heterocycles. The van der Waals surface area contributed by atoms with E-state index < -0.39 is 0 Å². The molecule has 7 heteroatoms. The first-order chi connectivity index (χ1) is 10.2. The van der Waals surface area contributed by atoms with Crippen LogP contribution in [0.15, 0.2) is 27.8 Å². The van der Waals surface area contributed by atoms with Crippen LogP contribution < -0.4 is 4.74 Å². The zero-order chi connectivity index (χ0) is 15.2. The topological polar surface area (TPSA) is 55.2 Å². The van der Waals surface area contributed by atoms with Crippen LogP contribution in [-0.2, 0) is 6.42 Å². The maximum atomic E-state index is 5.21. The lowest BCUT2D eigenvalue weighted by Crippen LogP contribution is -1.99. The van der Waals surface area contributed by atoms with E-state index in [1.165, 1.54) is 0 Å². The monoisotopic (exact) mass is 368 g/mol. The standard InChI is InChI=1S/C14H17BrN4OS/c1-3-4-5-13-17-18-14(21)19(13)16-9-10-6-7-12(20-2)11(15)8-10/h6-9H,3-5H2,1-2H3,(H,18,21)/b16-9+. The zero-order valence-corrected chi connectivity index (χ0v) is 14.4.